The highest BCUT2D eigenvalue weighted by Gasteiger charge is 2.26. The highest BCUT2D eigenvalue weighted by molar-refractivity contribution is 5.97. The molecule has 20 heavy (non-hydrogen) atoms. The van der Waals surface area contributed by atoms with Crippen LogP contribution in [0.5, 0.6) is 5.75 Å². The predicted octanol–water partition coefficient (Wildman–Crippen LogP) is 2.42. The standard InChI is InChI=1S/C14H18N3O3/c1-8-12-10(6-7-16(8)2)9-4-5-11(20-3)14(17(18)19)13(9)15-12/h4-5,8,15,18H,6-7H2,1-3H3/q-1. The number of aromatic amines is 1. The summed E-state index contributed by atoms with van der Waals surface area (Å²) in [6, 6.07) is 3.91. The molecule has 0 aliphatic carbocycles. The van der Waals surface area contributed by atoms with E-state index >= 15 is 0 Å². The first-order valence-electron chi connectivity index (χ1n) is 6.62. The van der Waals surface area contributed by atoms with Crippen molar-refractivity contribution in [3.8, 4) is 5.75 Å². The second-order valence-corrected chi connectivity index (χ2v) is 5.24. The van der Waals surface area contributed by atoms with Crippen molar-refractivity contribution in [3.63, 3.8) is 0 Å². The Morgan fingerprint density at radius 3 is 2.90 bits per heavy atom. The fourth-order valence-corrected chi connectivity index (χ4v) is 2.99. The molecule has 0 saturated heterocycles. The molecule has 1 aliphatic heterocycles. The molecule has 6 nitrogen and oxygen atoms in total. The normalized spacial score (nSPS) is 19.1. The van der Waals surface area contributed by atoms with Crippen LogP contribution in [-0.2, 0) is 6.42 Å². The van der Waals surface area contributed by atoms with E-state index in [1.807, 2.05) is 6.07 Å². The van der Waals surface area contributed by atoms with E-state index in [1.54, 1.807) is 6.07 Å². The maximum absolute atomic E-state index is 11.5. The minimum Gasteiger partial charge on any atom is -0.733 e. The van der Waals surface area contributed by atoms with Crippen molar-refractivity contribution in [3.05, 3.63) is 28.6 Å². The molecule has 108 valence electrons. The summed E-state index contributed by atoms with van der Waals surface area (Å²) in [5.74, 6) is 0.356. The van der Waals surface area contributed by atoms with E-state index in [0.717, 1.165) is 24.0 Å². The van der Waals surface area contributed by atoms with Crippen LogP contribution in [0.2, 0.25) is 0 Å². The number of hydrogen-bond acceptors (Lipinski definition) is 5. The minimum atomic E-state index is -0.127. The average Bonchev–Trinajstić information content (AvgIpc) is 2.80. The summed E-state index contributed by atoms with van der Waals surface area (Å²) in [5, 5.41) is 21.7. The molecule has 6 heteroatoms. The average molecular weight is 276 g/mol. The van der Waals surface area contributed by atoms with Gasteiger partial charge in [0.2, 0.25) is 0 Å². The Labute approximate surface area is 117 Å². The van der Waals surface area contributed by atoms with Crippen molar-refractivity contribution in [1.29, 1.82) is 0 Å². The van der Waals surface area contributed by atoms with Crippen molar-refractivity contribution in [1.82, 2.24) is 9.88 Å². The number of aromatic nitrogens is 1. The Morgan fingerprint density at radius 2 is 2.25 bits per heavy atom. The van der Waals surface area contributed by atoms with E-state index in [1.165, 1.54) is 12.7 Å². The zero-order chi connectivity index (χ0) is 14.4. The number of rotatable bonds is 2. The van der Waals surface area contributed by atoms with Crippen LogP contribution in [-0.4, -0.2) is 35.8 Å². The maximum Gasteiger partial charge on any atom is 0.145 e. The van der Waals surface area contributed by atoms with Gasteiger partial charge in [-0.15, -0.1) is 0 Å². The quantitative estimate of drug-likeness (QED) is 0.824. The molecule has 0 amide bonds. The number of nitrogens with zero attached hydrogens (tertiary/aromatic N) is 2. The highest BCUT2D eigenvalue weighted by atomic mass is 16.8. The highest BCUT2D eigenvalue weighted by Crippen LogP contribution is 2.40. The van der Waals surface area contributed by atoms with E-state index in [2.05, 4.69) is 23.9 Å². The van der Waals surface area contributed by atoms with Gasteiger partial charge in [0.1, 0.15) is 11.4 Å². The summed E-state index contributed by atoms with van der Waals surface area (Å²) >= 11 is 0. The van der Waals surface area contributed by atoms with E-state index in [-0.39, 0.29) is 17.0 Å². The third-order valence-corrected chi connectivity index (χ3v) is 4.26. The second-order valence-electron chi connectivity index (χ2n) is 5.24. The van der Waals surface area contributed by atoms with Crippen LogP contribution in [0.3, 0.4) is 0 Å². The predicted molar refractivity (Wildman–Crippen MR) is 77.2 cm³/mol. The monoisotopic (exact) mass is 276 g/mol. The molecule has 1 aliphatic rings. The van der Waals surface area contributed by atoms with E-state index < -0.39 is 0 Å². The van der Waals surface area contributed by atoms with Crippen molar-refractivity contribution in [2.75, 3.05) is 25.9 Å². The molecule has 2 heterocycles. The van der Waals surface area contributed by atoms with Crippen molar-refractivity contribution < 1.29 is 9.94 Å². The fourth-order valence-electron chi connectivity index (χ4n) is 2.99. The van der Waals surface area contributed by atoms with Gasteiger partial charge in [-0.1, -0.05) is 0 Å². The molecular formula is C14H18N3O3-. The van der Waals surface area contributed by atoms with Gasteiger partial charge in [0.05, 0.1) is 12.6 Å². The Morgan fingerprint density at radius 1 is 1.50 bits per heavy atom. The number of nitrogens with one attached hydrogen (secondary N) is 1. The third-order valence-electron chi connectivity index (χ3n) is 4.26. The molecule has 0 radical (unpaired) electrons. The molecule has 0 fully saturated rings. The van der Waals surface area contributed by atoms with Gasteiger partial charge < -0.3 is 20.2 Å². The third kappa shape index (κ3) is 1.76. The summed E-state index contributed by atoms with van der Waals surface area (Å²) in [6.07, 6.45) is 0.923. The Hall–Kier alpha value is -1.76. The minimum absolute atomic E-state index is 0.127. The lowest BCUT2D eigenvalue weighted by Crippen LogP contribution is -2.30. The molecule has 0 saturated carbocycles. The van der Waals surface area contributed by atoms with Gasteiger partial charge in [0.25, 0.3) is 0 Å². The number of H-pyrrole nitrogens is 1. The smallest absolute Gasteiger partial charge is 0.145 e. The lowest BCUT2D eigenvalue weighted by Gasteiger charge is -2.29. The van der Waals surface area contributed by atoms with Gasteiger partial charge in [-0.2, -0.15) is 0 Å². The van der Waals surface area contributed by atoms with Crippen LogP contribution in [0.25, 0.3) is 10.9 Å². The Bertz CT molecular complexity index is 651. The molecular weight excluding hydrogens is 258 g/mol. The molecule has 2 aromatic rings. The topological polar surface area (TPSA) is 74.8 Å². The Kier molecular flexibility index (Phi) is 3.08. The first kappa shape index (κ1) is 13.2. The SMILES string of the molecule is COc1ccc2c3c([nH]c2c1N([O-])O)C(C)N(C)CC3. The van der Waals surface area contributed by atoms with Gasteiger partial charge >= 0.3 is 0 Å². The number of likely N-dealkylation sites (N-methyl/N-ethyl adjacent to an activating group) is 1. The summed E-state index contributed by atoms with van der Waals surface area (Å²) in [5.41, 5.74) is 3.09. The zero-order valence-corrected chi connectivity index (χ0v) is 11.8. The number of benzene rings is 1. The molecule has 0 spiro atoms. The van der Waals surface area contributed by atoms with Crippen LogP contribution in [0.1, 0.15) is 24.2 Å². The van der Waals surface area contributed by atoms with Gasteiger partial charge in [0, 0.05) is 23.7 Å². The molecule has 1 aromatic heterocycles. The maximum atomic E-state index is 11.5. The zero-order valence-electron chi connectivity index (χ0n) is 11.8. The lowest BCUT2D eigenvalue weighted by molar-refractivity contribution is 0.244. The molecule has 0 bridgehead atoms. The van der Waals surface area contributed by atoms with Crippen LogP contribution in [0, 0.1) is 5.21 Å². The van der Waals surface area contributed by atoms with Crippen molar-refractivity contribution >= 4 is 16.6 Å². The molecule has 3 rings (SSSR count). The van der Waals surface area contributed by atoms with Crippen LogP contribution in [0.4, 0.5) is 5.69 Å². The summed E-state index contributed by atoms with van der Waals surface area (Å²) in [6.45, 7) is 3.10. The molecule has 1 unspecified atom stereocenters. The first-order valence-corrected chi connectivity index (χ1v) is 6.62. The van der Waals surface area contributed by atoms with Crippen LogP contribution in [0.15, 0.2) is 12.1 Å². The number of anilines is 1. The number of hydrogen-bond donors (Lipinski definition) is 2. The summed E-state index contributed by atoms with van der Waals surface area (Å²) in [7, 11) is 3.56. The molecule has 2 N–H and O–H groups in total. The Balaban J connectivity index is 2.29. The van der Waals surface area contributed by atoms with Gasteiger partial charge in [-0.05, 0) is 38.1 Å². The van der Waals surface area contributed by atoms with E-state index in [4.69, 9.17) is 4.74 Å². The molecule has 1 atom stereocenters. The number of ether oxygens (including phenoxy) is 1. The summed E-state index contributed by atoms with van der Waals surface area (Å²) < 4.78 is 5.16. The lowest BCUT2D eigenvalue weighted by atomic mass is 9.98. The van der Waals surface area contributed by atoms with Crippen molar-refractivity contribution in [2.45, 2.75) is 19.4 Å². The number of methoxy groups -OCH3 is 1. The first-order chi connectivity index (χ1) is 9.54. The van der Waals surface area contributed by atoms with E-state index in [9.17, 15) is 10.4 Å². The molecule has 1 aromatic carbocycles. The van der Waals surface area contributed by atoms with Gasteiger partial charge in [-0.3, -0.25) is 10.1 Å². The second kappa shape index (κ2) is 4.66. The summed E-state index contributed by atoms with van der Waals surface area (Å²) in [4.78, 5) is 5.55. The van der Waals surface area contributed by atoms with Gasteiger partial charge in [-0.25, -0.2) is 0 Å². The van der Waals surface area contributed by atoms with Crippen LogP contribution < -0.4 is 9.96 Å². The van der Waals surface area contributed by atoms with E-state index in [0.29, 0.717) is 11.3 Å². The fraction of sp³-hybridized carbons (Fsp3) is 0.429. The van der Waals surface area contributed by atoms with Crippen molar-refractivity contribution in [2.24, 2.45) is 0 Å². The number of fused-ring (bicyclic) bond motifs is 3. The van der Waals surface area contributed by atoms with Crippen LogP contribution >= 0.6 is 0 Å². The van der Waals surface area contributed by atoms with Gasteiger partial charge in [0.15, 0.2) is 0 Å². The largest absolute Gasteiger partial charge is 0.733 e.